The Kier molecular flexibility index (Phi) is 6.57. The van der Waals surface area contributed by atoms with Gasteiger partial charge in [-0.2, -0.15) is 0 Å². The first-order valence-electron chi connectivity index (χ1n) is 10.4. The molecule has 1 heterocycles. The Labute approximate surface area is 192 Å². The molecule has 1 aromatic heterocycles. The van der Waals surface area contributed by atoms with Gasteiger partial charge in [-0.3, -0.25) is 9.59 Å². The van der Waals surface area contributed by atoms with Crippen molar-refractivity contribution < 1.29 is 9.59 Å². The fourth-order valence-corrected chi connectivity index (χ4v) is 3.90. The van der Waals surface area contributed by atoms with Gasteiger partial charge in [0.25, 0.3) is 0 Å². The van der Waals surface area contributed by atoms with E-state index >= 15 is 0 Å². The monoisotopic (exact) mass is 445 g/mol. The number of benzene rings is 3. The van der Waals surface area contributed by atoms with Crippen molar-refractivity contribution in [3.05, 3.63) is 101 Å². The molecule has 0 aliphatic carbocycles. The lowest BCUT2D eigenvalue weighted by molar-refractivity contribution is -0.127. The first-order valence-corrected chi connectivity index (χ1v) is 10.8. The summed E-state index contributed by atoms with van der Waals surface area (Å²) in [6.07, 6.45) is 2.43. The summed E-state index contributed by atoms with van der Waals surface area (Å²) in [5.41, 5.74) is 3.57. The molecule has 5 nitrogen and oxygen atoms in total. The number of nitrogens with one attached hydrogen (secondary N) is 2. The highest BCUT2D eigenvalue weighted by atomic mass is 35.5. The Hall–Kier alpha value is -3.57. The molecule has 0 aliphatic heterocycles. The minimum absolute atomic E-state index is 0.188. The fourth-order valence-electron chi connectivity index (χ4n) is 3.77. The van der Waals surface area contributed by atoms with Gasteiger partial charge in [0.1, 0.15) is 6.04 Å². The number of H-pyrrole nitrogens is 1. The average Bonchev–Trinajstić information content (AvgIpc) is 3.21. The SMILES string of the molecule is CN(C(=O)[C@H](Cc1ccccc1)NC(=O)Cc1c[nH]c2ccccc12)c1ccc(Cl)cc1. The maximum Gasteiger partial charge on any atom is 0.249 e. The van der Waals surface area contributed by atoms with Crippen LogP contribution in [-0.4, -0.2) is 29.9 Å². The zero-order valence-electron chi connectivity index (χ0n) is 17.7. The molecule has 1 atom stereocenters. The summed E-state index contributed by atoms with van der Waals surface area (Å²) in [4.78, 5) is 31.0. The third-order valence-corrected chi connectivity index (χ3v) is 5.74. The van der Waals surface area contributed by atoms with Gasteiger partial charge in [0.05, 0.1) is 6.42 Å². The molecule has 0 saturated carbocycles. The van der Waals surface area contributed by atoms with Crippen molar-refractivity contribution in [2.75, 3.05) is 11.9 Å². The summed E-state index contributed by atoms with van der Waals surface area (Å²) < 4.78 is 0. The summed E-state index contributed by atoms with van der Waals surface area (Å²) >= 11 is 5.98. The van der Waals surface area contributed by atoms with Gasteiger partial charge in [-0.15, -0.1) is 0 Å². The van der Waals surface area contributed by atoms with Crippen molar-refractivity contribution in [3.8, 4) is 0 Å². The van der Waals surface area contributed by atoms with Gasteiger partial charge < -0.3 is 15.2 Å². The summed E-state index contributed by atoms with van der Waals surface area (Å²) in [5, 5.41) is 4.57. The maximum atomic E-state index is 13.4. The number of aromatic nitrogens is 1. The van der Waals surface area contributed by atoms with Crippen molar-refractivity contribution in [3.63, 3.8) is 0 Å². The summed E-state index contributed by atoms with van der Waals surface area (Å²) in [6, 6.07) is 23.9. The topological polar surface area (TPSA) is 65.2 Å². The highest BCUT2D eigenvalue weighted by Gasteiger charge is 2.25. The first-order chi connectivity index (χ1) is 15.5. The highest BCUT2D eigenvalue weighted by molar-refractivity contribution is 6.30. The fraction of sp³-hybridized carbons (Fsp3) is 0.154. The number of hydrogen-bond acceptors (Lipinski definition) is 2. The summed E-state index contributed by atoms with van der Waals surface area (Å²) in [7, 11) is 1.70. The van der Waals surface area contributed by atoms with Crippen molar-refractivity contribution in [1.82, 2.24) is 10.3 Å². The lowest BCUT2D eigenvalue weighted by Gasteiger charge is -2.25. The number of carbonyl (C=O) groups is 2. The third-order valence-electron chi connectivity index (χ3n) is 5.49. The van der Waals surface area contributed by atoms with Gasteiger partial charge in [-0.05, 0) is 41.5 Å². The van der Waals surface area contributed by atoms with E-state index in [0.29, 0.717) is 17.1 Å². The molecule has 0 aliphatic rings. The van der Waals surface area contributed by atoms with E-state index in [9.17, 15) is 9.59 Å². The van der Waals surface area contributed by atoms with E-state index in [1.807, 2.05) is 60.8 Å². The molecule has 6 heteroatoms. The van der Waals surface area contributed by atoms with Crippen LogP contribution in [0.3, 0.4) is 0 Å². The minimum Gasteiger partial charge on any atom is -0.361 e. The first kappa shape index (κ1) is 21.7. The van der Waals surface area contributed by atoms with Gasteiger partial charge in [0.15, 0.2) is 0 Å². The number of para-hydroxylation sites is 1. The van der Waals surface area contributed by atoms with Crippen molar-refractivity contribution in [1.29, 1.82) is 0 Å². The van der Waals surface area contributed by atoms with Crippen LogP contribution < -0.4 is 10.2 Å². The molecular weight excluding hydrogens is 422 g/mol. The lowest BCUT2D eigenvalue weighted by Crippen LogP contribution is -2.49. The van der Waals surface area contributed by atoms with Crippen LogP contribution in [0.5, 0.6) is 0 Å². The second-order valence-corrected chi connectivity index (χ2v) is 8.16. The van der Waals surface area contributed by atoms with Crippen LogP contribution in [0.4, 0.5) is 5.69 Å². The van der Waals surface area contributed by atoms with Crippen LogP contribution in [-0.2, 0) is 22.4 Å². The van der Waals surface area contributed by atoms with Crippen LogP contribution >= 0.6 is 11.6 Å². The van der Waals surface area contributed by atoms with E-state index < -0.39 is 6.04 Å². The normalized spacial score (nSPS) is 11.8. The molecule has 0 spiro atoms. The standard InChI is InChI=1S/C26H24ClN3O2/c1-30(21-13-11-20(27)12-14-21)26(32)24(15-18-7-3-2-4-8-18)29-25(31)16-19-17-28-23-10-6-5-9-22(19)23/h2-14,17,24,28H,15-16H2,1H3,(H,29,31)/t24-/m0/s1. The molecule has 162 valence electrons. The van der Waals surface area contributed by atoms with Crippen LogP contribution in [0.2, 0.25) is 5.02 Å². The highest BCUT2D eigenvalue weighted by Crippen LogP contribution is 2.20. The molecule has 2 N–H and O–H groups in total. The van der Waals surface area contributed by atoms with E-state index in [1.54, 1.807) is 36.2 Å². The molecule has 0 unspecified atom stereocenters. The van der Waals surface area contributed by atoms with E-state index in [2.05, 4.69) is 10.3 Å². The third kappa shape index (κ3) is 5.01. The van der Waals surface area contributed by atoms with Crippen molar-refractivity contribution >= 4 is 40.0 Å². The van der Waals surface area contributed by atoms with Crippen LogP contribution in [0, 0.1) is 0 Å². The smallest absolute Gasteiger partial charge is 0.249 e. The Bertz CT molecular complexity index is 1220. The second kappa shape index (κ2) is 9.71. The van der Waals surface area contributed by atoms with E-state index in [0.717, 1.165) is 22.0 Å². The van der Waals surface area contributed by atoms with E-state index in [1.165, 1.54) is 0 Å². The van der Waals surface area contributed by atoms with E-state index in [-0.39, 0.29) is 18.2 Å². The average molecular weight is 446 g/mol. The molecule has 3 aromatic carbocycles. The number of carbonyl (C=O) groups excluding carboxylic acids is 2. The number of rotatable bonds is 7. The molecule has 0 radical (unpaired) electrons. The van der Waals surface area contributed by atoms with Crippen molar-refractivity contribution in [2.24, 2.45) is 0 Å². The van der Waals surface area contributed by atoms with Gasteiger partial charge >= 0.3 is 0 Å². The number of aromatic amines is 1. The number of amides is 2. The number of fused-ring (bicyclic) bond motifs is 1. The molecular formula is C26H24ClN3O2. The zero-order chi connectivity index (χ0) is 22.5. The maximum absolute atomic E-state index is 13.4. The van der Waals surface area contributed by atoms with Crippen LogP contribution in [0.1, 0.15) is 11.1 Å². The predicted molar refractivity (Wildman–Crippen MR) is 129 cm³/mol. The molecule has 2 amide bonds. The van der Waals surface area contributed by atoms with Gasteiger partial charge in [-0.1, -0.05) is 60.1 Å². The number of likely N-dealkylation sites (N-methyl/N-ethyl adjacent to an activating group) is 1. The van der Waals surface area contributed by atoms with Crippen molar-refractivity contribution in [2.45, 2.75) is 18.9 Å². The largest absolute Gasteiger partial charge is 0.361 e. The van der Waals surface area contributed by atoms with Gasteiger partial charge in [-0.25, -0.2) is 0 Å². The molecule has 4 rings (SSSR count). The Morgan fingerprint density at radius 2 is 1.66 bits per heavy atom. The summed E-state index contributed by atoms with van der Waals surface area (Å²) in [6.45, 7) is 0. The van der Waals surface area contributed by atoms with Gasteiger partial charge in [0, 0.05) is 41.3 Å². The molecule has 0 saturated heterocycles. The Morgan fingerprint density at radius 1 is 0.969 bits per heavy atom. The molecule has 4 aromatic rings. The van der Waals surface area contributed by atoms with Crippen LogP contribution in [0.25, 0.3) is 10.9 Å². The Balaban J connectivity index is 1.53. The quantitative estimate of drug-likeness (QED) is 0.431. The lowest BCUT2D eigenvalue weighted by atomic mass is 10.0. The number of hydrogen-bond donors (Lipinski definition) is 2. The summed E-state index contributed by atoms with van der Waals surface area (Å²) in [5.74, 6) is -0.392. The minimum atomic E-state index is -0.698. The van der Waals surface area contributed by atoms with Crippen LogP contribution in [0.15, 0.2) is 85.1 Å². The molecule has 32 heavy (non-hydrogen) atoms. The molecule has 0 bridgehead atoms. The zero-order valence-corrected chi connectivity index (χ0v) is 18.5. The molecule has 0 fully saturated rings. The Morgan fingerprint density at radius 3 is 2.41 bits per heavy atom. The predicted octanol–water partition coefficient (Wildman–Crippen LogP) is 4.75. The number of halogens is 1. The van der Waals surface area contributed by atoms with E-state index in [4.69, 9.17) is 11.6 Å². The second-order valence-electron chi connectivity index (χ2n) is 7.72. The number of anilines is 1. The van der Waals surface area contributed by atoms with Gasteiger partial charge in [0.2, 0.25) is 11.8 Å². The number of nitrogens with zero attached hydrogens (tertiary/aromatic N) is 1.